The van der Waals surface area contributed by atoms with Crippen LogP contribution in [0.2, 0.25) is 0 Å². The number of aryl methyl sites for hydroxylation is 1. The van der Waals surface area contributed by atoms with Crippen LogP contribution in [0.1, 0.15) is 37.8 Å². The van der Waals surface area contributed by atoms with E-state index in [1.165, 1.54) is 0 Å². The second-order valence-electron chi connectivity index (χ2n) is 5.61. The average molecular weight is 255 g/mol. The molecule has 0 radical (unpaired) electrons. The maximum Gasteiger partial charge on any atom is 0.387 e. The van der Waals surface area contributed by atoms with E-state index in [0.717, 1.165) is 18.4 Å². The van der Waals surface area contributed by atoms with Gasteiger partial charge in [0.25, 0.3) is 0 Å². The van der Waals surface area contributed by atoms with Crippen molar-refractivity contribution in [2.45, 2.75) is 51.2 Å². The van der Waals surface area contributed by atoms with E-state index in [-0.39, 0.29) is 16.7 Å². The first-order valence-corrected chi connectivity index (χ1v) is 6.12. The summed E-state index contributed by atoms with van der Waals surface area (Å²) in [4.78, 5) is 0. The molecule has 4 heteroatoms. The van der Waals surface area contributed by atoms with Gasteiger partial charge >= 0.3 is 6.61 Å². The van der Waals surface area contributed by atoms with Crippen LogP contribution in [-0.2, 0) is 5.41 Å². The molecule has 0 bridgehead atoms. The van der Waals surface area contributed by atoms with Crippen molar-refractivity contribution in [2.24, 2.45) is 5.73 Å². The third-order valence-corrected chi connectivity index (χ3v) is 4.13. The van der Waals surface area contributed by atoms with Crippen molar-refractivity contribution in [3.05, 3.63) is 29.3 Å². The van der Waals surface area contributed by atoms with Crippen molar-refractivity contribution < 1.29 is 13.5 Å². The highest BCUT2D eigenvalue weighted by molar-refractivity contribution is 5.47. The van der Waals surface area contributed by atoms with Gasteiger partial charge in [0.2, 0.25) is 0 Å². The first-order valence-electron chi connectivity index (χ1n) is 6.12. The predicted molar refractivity (Wildman–Crippen MR) is 67.0 cm³/mol. The quantitative estimate of drug-likeness (QED) is 0.895. The van der Waals surface area contributed by atoms with Crippen molar-refractivity contribution in [3.63, 3.8) is 0 Å². The molecule has 0 amide bonds. The fraction of sp³-hybridized carbons (Fsp3) is 0.571. The molecule has 0 aromatic heterocycles. The van der Waals surface area contributed by atoms with E-state index < -0.39 is 6.61 Å². The van der Waals surface area contributed by atoms with Crippen LogP contribution >= 0.6 is 0 Å². The Labute approximate surface area is 106 Å². The summed E-state index contributed by atoms with van der Waals surface area (Å²) in [5.74, 6) is 0.272. The number of hydrogen-bond donors (Lipinski definition) is 1. The van der Waals surface area contributed by atoms with Crippen molar-refractivity contribution in [3.8, 4) is 5.75 Å². The summed E-state index contributed by atoms with van der Waals surface area (Å²) in [7, 11) is 0. The van der Waals surface area contributed by atoms with Crippen LogP contribution in [0.4, 0.5) is 8.78 Å². The molecular formula is C14H19F2NO. The smallest absolute Gasteiger partial charge is 0.387 e. The van der Waals surface area contributed by atoms with Crippen molar-refractivity contribution in [1.29, 1.82) is 0 Å². The second-order valence-corrected chi connectivity index (χ2v) is 5.61. The van der Waals surface area contributed by atoms with Crippen LogP contribution < -0.4 is 10.5 Å². The third kappa shape index (κ3) is 2.09. The molecule has 1 saturated carbocycles. The molecule has 1 fully saturated rings. The van der Waals surface area contributed by atoms with Gasteiger partial charge in [-0.05, 0) is 25.3 Å². The van der Waals surface area contributed by atoms with Crippen LogP contribution in [0, 0.1) is 6.92 Å². The van der Waals surface area contributed by atoms with E-state index in [1.54, 1.807) is 13.0 Å². The number of halogens is 2. The molecule has 0 heterocycles. The number of rotatable bonds is 4. The van der Waals surface area contributed by atoms with Gasteiger partial charge < -0.3 is 10.5 Å². The minimum absolute atomic E-state index is 0.272. The Morgan fingerprint density at radius 3 is 2.44 bits per heavy atom. The van der Waals surface area contributed by atoms with Gasteiger partial charge in [-0.15, -0.1) is 0 Å². The Morgan fingerprint density at radius 1 is 1.33 bits per heavy atom. The molecule has 0 saturated heterocycles. The van der Waals surface area contributed by atoms with Gasteiger partial charge in [-0.25, -0.2) is 0 Å². The second kappa shape index (κ2) is 4.19. The minimum Gasteiger partial charge on any atom is -0.434 e. The number of ether oxygens (including phenoxy) is 1. The molecular weight excluding hydrogens is 236 g/mol. The molecule has 1 aromatic rings. The number of benzene rings is 1. The third-order valence-electron chi connectivity index (χ3n) is 4.13. The molecule has 18 heavy (non-hydrogen) atoms. The topological polar surface area (TPSA) is 35.2 Å². The van der Waals surface area contributed by atoms with Crippen molar-refractivity contribution >= 4 is 0 Å². The highest BCUT2D eigenvalue weighted by Crippen LogP contribution is 2.51. The lowest BCUT2D eigenvalue weighted by atomic mass is 9.75. The molecule has 2 nitrogen and oxygen atoms in total. The lowest BCUT2D eigenvalue weighted by molar-refractivity contribution is -0.0515. The summed E-state index contributed by atoms with van der Waals surface area (Å²) in [6.45, 7) is 2.95. The lowest BCUT2D eigenvalue weighted by Gasteiger charge is -2.34. The van der Waals surface area contributed by atoms with E-state index >= 15 is 0 Å². The summed E-state index contributed by atoms with van der Waals surface area (Å²) in [5, 5.41) is 0. The molecule has 2 N–H and O–H groups in total. The molecule has 0 atom stereocenters. The molecule has 1 aromatic carbocycles. The van der Waals surface area contributed by atoms with Crippen LogP contribution in [0.15, 0.2) is 18.2 Å². The van der Waals surface area contributed by atoms with Gasteiger partial charge in [0.15, 0.2) is 0 Å². The van der Waals surface area contributed by atoms with Gasteiger partial charge in [0.05, 0.1) is 0 Å². The highest BCUT2D eigenvalue weighted by atomic mass is 19.3. The van der Waals surface area contributed by atoms with Crippen LogP contribution in [-0.4, -0.2) is 12.2 Å². The summed E-state index contributed by atoms with van der Waals surface area (Å²) in [5.41, 5.74) is 7.07. The zero-order chi connectivity index (χ0) is 13.6. The lowest BCUT2D eigenvalue weighted by Crippen LogP contribution is -2.43. The molecule has 1 aliphatic carbocycles. The summed E-state index contributed by atoms with van der Waals surface area (Å²) in [6.07, 6.45) is 1.84. The number of para-hydroxylation sites is 1. The Hall–Kier alpha value is -1.16. The fourth-order valence-electron chi connectivity index (χ4n) is 2.42. The van der Waals surface area contributed by atoms with Gasteiger partial charge in [-0.2, -0.15) is 8.78 Å². The zero-order valence-corrected chi connectivity index (χ0v) is 11.0. The predicted octanol–water partition coefficient (Wildman–Crippen LogP) is 3.37. The monoisotopic (exact) mass is 255 g/mol. The first-order chi connectivity index (χ1) is 8.28. The number of nitrogens with two attached hydrogens (primary N) is 1. The van der Waals surface area contributed by atoms with Gasteiger partial charge in [-0.1, -0.05) is 32.0 Å². The molecule has 1 aliphatic rings. The number of hydrogen-bond acceptors (Lipinski definition) is 2. The standard InChI is InChI=1S/C14H19F2NO/c1-9-5-4-6-10(11(9)18-12(15)16)13(2,3)14(17)7-8-14/h4-6,12H,7-8,17H2,1-3H3. The van der Waals surface area contributed by atoms with E-state index in [0.29, 0.717) is 5.56 Å². The van der Waals surface area contributed by atoms with Gasteiger partial charge in [-0.3, -0.25) is 0 Å². The molecule has 2 rings (SSSR count). The Bertz CT molecular complexity index is 453. The van der Waals surface area contributed by atoms with E-state index in [9.17, 15) is 8.78 Å². The highest BCUT2D eigenvalue weighted by Gasteiger charge is 2.53. The van der Waals surface area contributed by atoms with E-state index in [2.05, 4.69) is 0 Å². The Balaban J connectivity index is 2.47. The Kier molecular flexibility index (Phi) is 3.09. The normalized spacial score (nSPS) is 17.9. The van der Waals surface area contributed by atoms with E-state index in [1.807, 2.05) is 26.0 Å². The summed E-state index contributed by atoms with van der Waals surface area (Å²) >= 11 is 0. The maximum absolute atomic E-state index is 12.5. The Morgan fingerprint density at radius 2 is 1.94 bits per heavy atom. The van der Waals surface area contributed by atoms with Gasteiger partial charge in [0, 0.05) is 16.5 Å². The van der Waals surface area contributed by atoms with Crippen molar-refractivity contribution in [2.75, 3.05) is 0 Å². The summed E-state index contributed by atoms with van der Waals surface area (Å²) in [6, 6.07) is 5.46. The molecule has 0 unspecified atom stereocenters. The van der Waals surface area contributed by atoms with Crippen LogP contribution in [0.25, 0.3) is 0 Å². The van der Waals surface area contributed by atoms with Gasteiger partial charge in [0.1, 0.15) is 5.75 Å². The fourth-order valence-corrected chi connectivity index (χ4v) is 2.42. The van der Waals surface area contributed by atoms with Crippen LogP contribution in [0.3, 0.4) is 0 Å². The molecule has 100 valence electrons. The van der Waals surface area contributed by atoms with Crippen LogP contribution in [0.5, 0.6) is 5.75 Å². The van der Waals surface area contributed by atoms with Crippen molar-refractivity contribution in [1.82, 2.24) is 0 Å². The maximum atomic E-state index is 12.5. The molecule has 0 aliphatic heterocycles. The van der Waals surface area contributed by atoms with E-state index in [4.69, 9.17) is 10.5 Å². The summed E-state index contributed by atoms with van der Waals surface area (Å²) < 4.78 is 29.8. The molecule has 0 spiro atoms. The SMILES string of the molecule is Cc1cccc(C(C)(C)C2(N)CC2)c1OC(F)F. The first kappa shape index (κ1) is 13.3. The number of alkyl halides is 2. The average Bonchev–Trinajstić information content (AvgIpc) is 3.00. The zero-order valence-electron chi connectivity index (χ0n) is 11.0. The largest absolute Gasteiger partial charge is 0.434 e. The minimum atomic E-state index is -2.81.